The fourth-order valence-electron chi connectivity index (χ4n) is 7.13. The van der Waals surface area contributed by atoms with E-state index in [1.54, 1.807) is 6.07 Å². The van der Waals surface area contributed by atoms with Crippen molar-refractivity contribution in [2.45, 2.75) is 213 Å². The Hall–Kier alpha value is -2.75. The number of nitrogens with zero attached hydrogens (tertiary/aromatic N) is 1. The van der Waals surface area contributed by atoms with Gasteiger partial charge in [0.1, 0.15) is 19.8 Å². The summed E-state index contributed by atoms with van der Waals surface area (Å²) in [5.41, 5.74) is 1.45. The summed E-state index contributed by atoms with van der Waals surface area (Å²) in [6.45, 7) is 8.53. The molecule has 0 bridgehead atoms. The lowest BCUT2D eigenvalue weighted by Crippen LogP contribution is -2.27. The molecule has 0 aliphatic rings. The van der Waals surface area contributed by atoms with Crippen LogP contribution in [0.4, 0.5) is 0 Å². The molecule has 9 heteroatoms. The van der Waals surface area contributed by atoms with Crippen molar-refractivity contribution in [3.05, 3.63) is 47.5 Å². The molecular formula is C52H91NO8. The highest BCUT2D eigenvalue weighted by atomic mass is 16.7. The number of unbranched alkanes of at least 4 members (excludes halogenated alkanes) is 21. The number of carbonyl (C=O) groups excluding carboxylic acids is 3. The molecule has 352 valence electrons. The smallest absolute Gasteiger partial charge is 0.338 e. The Morgan fingerprint density at radius 3 is 1.54 bits per heavy atom. The Morgan fingerprint density at radius 1 is 0.557 bits per heavy atom. The molecule has 0 saturated carbocycles. The summed E-state index contributed by atoms with van der Waals surface area (Å²) in [7, 11) is 3.95. The largest absolute Gasteiger partial charge is 0.465 e. The maximum atomic E-state index is 13.1. The summed E-state index contributed by atoms with van der Waals surface area (Å²) in [6.07, 6.45) is 34.7. The van der Waals surface area contributed by atoms with Crippen molar-refractivity contribution in [1.29, 1.82) is 0 Å². The first kappa shape index (κ1) is 56.3. The van der Waals surface area contributed by atoms with Gasteiger partial charge in [0.25, 0.3) is 0 Å². The molecule has 1 aromatic rings. The highest BCUT2D eigenvalue weighted by Crippen LogP contribution is 2.15. The van der Waals surface area contributed by atoms with Gasteiger partial charge in [0, 0.05) is 32.6 Å². The Bertz CT molecular complexity index is 1200. The van der Waals surface area contributed by atoms with Crippen LogP contribution in [0, 0.1) is 5.92 Å². The van der Waals surface area contributed by atoms with E-state index in [4.69, 9.17) is 23.7 Å². The quantitative estimate of drug-likeness (QED) is 0.0209. The second kappa shape index (κ2) is 41.3. The first-order valence-corrected chi connectivity index (χ1v) is 24.9. The van der Waals surface area contributed by atoms with E-state index in [2.05, 4.69) is 32.9 Å². The fourth-order valence-corrected chi connectivity index (χ4v) is 7.13. The summed E-state index contributed by atoms with van der Waals surface area (Å²) in [5.74, 6) is -1.64. The Balaban J connectivity index is 2.61. The maximum Gasteiger partial charge on any atom is 0.338 e. The number of allylic oxidation sites excluding steroid dienone is 2. The van der Waals surface area contributed by atoms with Gasteiger partial charge in [-0.05, 0) is 76.7 Å². The molecule has 9 nitrogen and oxygen atoms in total. The van der Waals surface area contributed by atoms with Gasteiger partial charge in [0.15, 0.2) is 6.29 Å². The Morgan fingerprint density at radius 2 is 1.02 bits per heavy atom. The minimum Gasteiger partial charge on any atom is -0.465 e. The molecular weight excluding hydrogens is 767 g/mol. The standard InChI is InChI=1S/C52H91NO8/c1-6-9-12-15-18-19-20-21-22-23-24-25-26-27-30-36-49(54)59-43-47(45-61-52(56)48-35-33-34-46(41-48)42-53(4)5)44-60-50(55)37-38-51(57-39-31-28-16-13-10-7-2)58-40-32-29-17-14-11-8-3/h21-22,33-35,41,47,51H,6-20,23-32,36-40,42-45H2,1-5H3/b22-21-. The molecule has 0 amide bonds. The van der Waals surface area contributed by atoms with Crippen LogP contribution in [-0.4, -0.2) is 76.2 Å². The zero-order valence-corrected chi connectivity index (χ0v) is 39.9. The van der Waals surface area contributed by atoms with Gasteiger partial charge in [0.05, 0.1) is 17.9 Å². The zero-order valence-electron chi connectivity index (χ0n) is 39.9. The van der Waals surface area contributed by atoms with Gasteiger partial charge in [-0.3, -0.25) is 9.59 Å². The average Bonchev–Trinajstić information content (AvgIpc) is 3.25. The van der Waals surface area contributed by atoms with Crippen LogP contribution in [0.2, 0.25) is 0 Å². The Kier molecular flexibility index (Phi) is 38.1. The first-order chi connectivity index (χ1) is 29.8. The van der Waals surface area contributed by atoms with Crippen LogP contribution >= 0.6 is 0 Å². The lowest BCUT2D eigenvalue weighted by atomic mass is 10.1. The molecule has 0 N–H and O–H groups in total. The van der Waals surface area contributed by atoms with Crippen molar-refractivity contribution in [2.24, 2.45) is 5.92 Å². The van der Waals surface area contributed by atoms with Crippen LogP contribution in [0.25, 0.3) is 0 Å². The number of hydrogen-bond donors (Lipinski definition) is 0. The van der Waals surface area contributed by atoms with Gasteiger partial charge >= 0.3 is 17.9 Å². The second-order valence-corrected chi connectivity index (χ2v) is 17.3. The van der Waals surface area contributed by atoms with Crippen molar-refractivity contribution in [2.75, 3.05) is 47.1 Å². The van der Waals surface area contributed by atoms with Crippen LogP contribution in [0.1, 0.15) is 216 Å². The van der Waals surface area contributed by atoms with Crippen molar-refractivity contribution < 1.29 is 38.1 Å². The highest BCUT2D eigenvalue weighted by Gasteiger charge is 2.20. The number of ether oxygens (including phenoxy) is 5. The summed E-state index contributed by atoms with van der Waals surface area (Å²) in [6, 6.07) is 7.36. The van der Waals surface area contributed by atoms with Gasteiger partial charge in [-0.1, -0.05) is 161 Å². The average molecular weight is 858 g/mol. The molecule has 0 spiro atoms. The van der Waals surface area contributed by atoms with Crippen molar-refractivity contribution in [3.8, 4) is 0 Å². The van der Waals surface area contributed by atoms with Crippen LogP contribution in [-0.2, 0) is 39.8 Å². The summed E-state index contributed by atoms with van der Waals surface area (Å²) in [4.78, 5) is 40.9. The molecule has 0 aromatic heterocycles. The van der Waals surface area contributed by atoms with E-state index in [1.807, 2.05) is 37.2 Å². The highest BCUT2D eigenvalue weighted by molar-refractivity contribution is 5.89. The molecule has 0 aliphatic carbocycles. The molecule has 0 fully saturated rings. The lowest BCUT2D eigenvalue weighted by Gasteiger charge is -2.20. The SMILES string of the molecule is CCCCCCCC/C=C\CCCCCCCC(=O)OCC(COC(=O)CCC(OCCCCCCCC)OCCCCCCCC)COC(=O)c1cccc(CN(C)C)c1. The molecule has 61 heavy (non-hydrogen) atoms. The van der Waals surface area contributed by atoms with Gasteiger partial charge in [0.2, 0.25) is 0 Å². The van der Waals surface area contributed by atoms with E-state index in [-0.39, 0.29) is 38.2 Å². The van der Waals surface area contributed by atoms with E-state index in [9.17, 15) is 14.4 Å². The fraction of sp³-hybridized carbons (Fsp3) is 0.788. The van der Waals surface area contributed by atoms with Crippen LogP contribution in [0.5, 0.6) is 0 Å². The van der Waals surface area contributed by atoms with Crippen LogP contribution in [0.15, 0.2) is 36.4 Å². The Labute approximate surface area is 373 Å². The van der Waals surface area contributed by atoms with E-state index in [0.29, 0.717) is 38.2 Å². The van der Waals surface area contributed by atoms with Crippen LogP contribution in [0.3, 0.4) is 0 Å². The van der Waals surface area contributed by atoms with Gasteiger partial charge in [-0.15, -0.1) is 0 Å². The summed E-state index contributed by atoms with van der Waals surface area (Å²) >= 11 is 0. The molecule has 0 radical (unpaired) electrons. The van der Waals surface area contributed by atoms with E-state index in [1.165, 1.54) is 103 Å². The second-order valence-electron chi connectivity index (χ2n) is 17.3. The molecule has 1 rings (SSSR count). The van der Waals surface area contributed by atoms with Gasteiger partial charge < -0.3 is 28.6 Å². The maximum absolute atomic E-state index is 13.1. The minimum atomic E-state index is -0.500. The van der Waals surface area contributed by atoms with Crippen molar-refractivity contribution in [1.82, 2.24) is 4.90 Å². The number of carbonyl (C=O) groups is 3. The van der Waals surface area contributed by atoms with E-state index in [0.717, 1.165) is 63.4 Å². The number of esters is 3. The molecule has 0 heterocycles. The van der Waals surface area contributed by atoms with Crippen molar-refractivity contribution >= 4 is 17.9 Å². The number of rotatable bonds is 43. The first-order valence-electron chi connectivity index (χ1n) is 24.9. The van der Waals surface area contributed by atoms with Gasteiger partial charge in [-0.25, -0.2) is 4.79 Å². The monoisotopic (exact) mass is 858 g/mol. The predicted molar refractivity (Wildman–Crippen MR) is 251 cm³/mol. The predicted octanol–water partition coefficient (Wildman–Crippen LogP) is 13.5. The lowest BCUT2D eigenvalue weighted by molar-refractivity contribution is -0.161. The third-order valence-electron chi connectivity index (χ3n) is 10.9. The third kappa shape index (κ3) is 35.4. The van der Waals surface area contributed by atoms with E-state index < -0.39 is 18.2 Å². The third-order valence-corrected chi connectivity index (χ3v) is 10.9. The normalized spacial score (nSPS) is 12.1. The number of benzene rings is 1. The molecule has 1 unspecified atom stereocenters. The zero-order chi connectivity index (χ0) is 44.4. The van der Waals surface area contributed by atoms with Gasteiger partial charge in [-0.2, -0.15) is 0 Å². The number of hydrogen-bond acceptors (Lipinski definition) is 9. The van der Waals surface area contributed by atoms with Crippen molar-refractivity contribution in [3.63, 3.8) is 0 Å². The molecule has 1 atom stereocenters. The molecule has 1 aromatic carbocycles. The summed E-state index contributed by atoms with van der Waals surface area (Å²) < 4.78 is 29.3. The minimum absolute atomic E-state index is 0.00348. The molecule has 0 saturated heterocycles. The molecule has 0 aliphatic heterocycles. The van der Waals surface area contributed by atoms with E-state index >= 15 is 0 Å². The summed E-state index contributed by atoms with van der Waals surface area (Å²) in [5, 5.41) is 0. The van der Waals surface area contributed by atoms with Crippen LogP contribution < -0.4 is 0 Å². The topological polar surface area (TPSA) is 101 Å².